The minimum absolute atomic E-state index is 0.210. The molecular weight excluding hydrogens is 407 g/mol. The van der Waals surface area contributed by atoms with Gasteiger partial charge in [-0.1, -0.05) is 29.8 Å². The van der Waals surface area contributed by atoms with Crippen LogP contribution in [0.25, 0.3) is 22.2 Å². The highest BCUT2D eigenvalue weighted by molar-refractivity contribution is 6.33. The summed E-state index contributed by atoms with van der Waals surface area (Å²) in [6, 6.07) is 16.6. The Hall–Kier alpha value is -3.45. The summed E-state index contributed by atoms with van der Waals surface area (Å²) in [4.78, 5) is 24.4. The Morgan fingerprint density at radius 3 is 2.77 bits per heavy atom. The normalized spacial score (nSPS) is 11.0. The van der Waals surface area contributed by atoms with Crippen LogP contribution in [0.2, 0.25) is 5.02 Å². The van der Waals surface area contributed by atoms with E-state index in [4.69, 9.17) is 11.6 Å². The van der Waals surface area contributed by atoms with E-state index in [1.54, 1.807) is 30.3 Å². The Morgan fingerprint density at radius 2 is 1.93 bits per heavy atom. The molecule has 4 aromatic rings. The van der Waals surface area contributed by atoms with Gasteiger partial charge in [0.15, 0.2) is 0 Å². The zero-order valence-electron chi connectivity index (χ0n) is 15.9. The Labute approximate surface area is 176 Å². The van der Waals surface area contributed by atoms with Crippen LogP contribution in [0.5, 0.6) is 0 Å². The molecule has 2 heterocycles. The van der Waals surface area contributed by atoms with E-state index in [1.165, 1.54) is 18.2 Å². The van der Waals surface area contributed by atoms with E-state index in [-0.39, 0.29) is 23.8 Å². The van der Waals surface area contributed by atoms with Crippen molar-refractivity contribution in [1.82, 2.24) is 19.7 Å². The molecule has 1 amide bonds. The maximum absolute atomic E-state index is 13.5. The summed E-state index contributed by atoms with van der Waals surface area (Å²) in [7, 11) is 0. The number of hydrogen-bond acceptors (Lipinski definition) is 3. The van der Waals surface area contributed by atoms with Crippen molar-refractivity contribution < 1.29 is 9.18 Å². The third-order valence-corrected chi connectivity index (χ3v) is 5.05. The van der Waals surface area contributed by atoms with Crippen LogP contribution in [0.15, 0.2) is 71.7 Å². The molecule has 0 atom stereocenters. The van der Waals surface area contributed by atoms with Crippen LogP contribution in [0.3, 0.4) is 0 Å². The van der Waals surface area contributed by atoms with Gasteiger partial charge in [-0.2, -0.15) is 5.10 Å². The number of fused-ring (bicyclic) bond motifs is 1. The second-order valence-electron chi connectivity index (χ2n) is 6.76. The topological polar surface area (TPSA) is 68.9 Å². The predicted octanol–water partition coefficient (Wildman–Crippen LogP) is 3.47. The lowest BCUT2D eigenvalue weighted by atomic mass is 10.1. The van der Waals surface area contributed by atoms with E-state index in [0.717, 1.165) is 15.6 Å². The zero-order valence-corrected chi connectivity index (χ0v) is 16.6. The van der Waals surface area contributed by atoms with Gasteiger partial charge >= 0.3 is 0 Å². The largest absolute Gasteiger partial charge is 0.353 e. The number of nitrogens with zero attached hydrogens (tertiary/aromatic N) is 3. The zero-order chi connectivity index (χ0) is 21.1. The SMILES string of the molecule is O=C(Cn1nc(-c2ccccc2Cl)ccc1=O)NCCn1ccc2ccc(F)cc21. The minimum Gasteiger partial charge on any atom is -0.353 e. The predicted molar refractivity (Wildman–Crippen MR) is 114 cm³/mol. The summed E-state index contributed by atoms with van der Waals surface area (Å²) in [5.74, 6) is -0.654. The standard InChI is InChI=1S/C22H18ClFN4O2/c23-18-4-2-1-3-17(18)19-7-8-22(30)28(26-19)14-21(29)25-10-12-27-11-9-15-5-6-16(24)13-20(15)27/h1-9,11,13H,10,12,14H2,(H,25,29). The Kier molecular flexibility index (Phi) is 5.63. The molecular formula is C22H18ClFN4O2. The molecule has 0 bridgehead atoms. The Balaban J connectivity index is 1.41. The number of benzene rings is 2. The van der Waals surface area contributed by atoms with E-state index in [2.05, 4.69) is 10.4 Å². The number of rotatable bonds is 6. The van der Waals surface area contributed by atoms with Crippen molar-refractivity contribution in [2.75, 3.05) is 6.54 Å². The number of nitrogens with one attached hydrogen (secondary N) is 1. The summed E-state index contributed by atoms with van der Waals surface area (Å²) in [5.41, 5.74) is 1.57. The lowest BCUT2D eigenvalue weighted by Gasteiger charge is -2.10. The van der Waals surface area contributed by atoms with Crippen LogP contribution in [0, 0.1) is 5.82 Å². The second kappa shape index (κ2) is 8.51. The number of hydrogen-bond donors (Lipinski definition) is 1. The van der Waals surface area contributed by atoms with Crippen molar-refractivity contribution in [3.8, 4) is 11.3 Å². The molecule has 0 saturated heterocycles. The first-order valence-electron chi connectivity index (χ1n) is 9.35. The number of carbonyl (C=O) groups excluding carboxylic acids is 1. The fraction of sp³-hybridized carbons (Fsp3) is 0.136. The number of amides is 1. The van der Waals surface area contributed by atoms with E-state index < -0.39 is 0 Å². The molecule has 8 heteroatoms. The Morgan fingerprint density at radius 1 is 1.10 bits per heavy atom. The molecule has 1 N–H and O–H groups in total. The van der Waals surface area contributed by atoms with Crippen LogP contribution in [-0.4, -0.2) is 26.8 Å². The molecule has 0 aliphatic heterocycles. The van der Waals surface area contributed by atoms with Crippen LogP contribution >= 0.6 is 11.6 Å². The van der Waals surface area contributed by atoms with Gasteiger partial charge in [-0.25, -0.2) is 9.07 Å². The summed E-state index contributed by atoms with van der Waals surface area (Å²) >= 11 is 6.19. The molecule has 2 aromatic carbocycles. The fourth-order valence-electron chi connectivity index (χ4n) is 3.23. The first-order valence-corrected chi connectivity index (χ1v) is 9.73. The van der Waals surface area contributed by atoms with Gasteiger partial charge < -0.3 is 9.88 Å². The van der Waals surface area contributed by atoms with E-state index >= 15 is 0 Å². The van der Waals surface area contributed by atoms with Crippen molar-refractivity contribution >= 4 is 28.4 Å². The van der Waals surface area contributed by atoms with Gasteiger partial charge in [0.25, 0.3) is 5.56 Å². The van der Waals surface area contributed by atoms with Crippen LogP contribution in [0.4, 0.5) is 4.39 Å². The average Bonchev–Trinajstić information content (AvgIpc) is 3.12. The van der Waals surface area contributed by atoms with Crippen LogP contribution < -0.4 is 10.9 Å². The first-order chi connectivity index (χ1) is 14.5. The van der Waals surface area contributed by atoms with Gasteiger partial charge in [-0.3, -0.25) is 9.59 Å². The van der Waals surface area contributed by atoms with Gasteiger partial charge in [-0.15, -0.1) is 0 Å². The highest BCUT2D eigenvalue weighted by atomic mass is 35.5. The maximum Gasteiger partial charge on any atom is 0.267 e. The third-order valence-electron chi connectivity index (χ3n) is 4.72. The molecule has 0 aliphatic rings. The highest BCUT2D eigenvalue weighted by Crippen LogP contribution is 2.24. The lowest BCUT2D eigenvalue weighted by molar-refractivity contribution is -0.121. The van der Waals surface area contributed by atoms with E-state index in [1.807, 2.05) is 22.9 Å². The monoisotopic (exact) mass is 424 g/mol. The molecule has 2 aromatic heterocycles. The molecule has 0 radical (unpaired) electrons. The van der Waals surface area contributed by atoms with Gasteiger partial charge in [0.05, 0.1) is 16.2 Å². The maximum atomic E-state index is 13.5. The quantitative estimate of drug-likeness (QED) is 0.515. The third kappa shape index (κ3) is 4.26. The van der Waals surface area contributed by atoms with Gasteiger partial charge in [0.2, 0.25) is 5.91 Å². The number of carbonyl (C=O) groups is 1. The van der Waals surface area contributed by atoms with Gasteiger partial charge in [0.1, 0.15) is 12.4 Å². The number of halogens is 2. The van der Waals surface area contributed by atoms with Crippen molar-refractivity contribution in [3.05, 3.63) is 88.1 Å². The summed E-state index contributed by atoms with van der Waals surface area (Å²) in [6.07, 6.45) is 1.84. The molecule has 0 spiro atoms. The smallest absolute Gasteiger partial charge is 0.267 e. The molecule has 0 fully saturated rings. The van der Waals surface area contributed by atoms with Crippen molar-refractivity contribution in [2.24, 2.45) is 0 Å². The van der Waals surface area contributed by atoms with Gasteiger partial charge in [0, 0.05) is 30.9 Å². The Bertz CT molecular complexity index is 1280. The van der Waals surface area contributed by atoms with Crippen LogP contribution in [-0.2, 0) is 17.9 Å². The highest BCUT2D eigenvalue weighted by Gasteiger charge is 2.10. The van der Waals surface area contributed by atoms with E-state index in [9.17, 15) is 14.0 Å². The molecule has 0 aliphatic carbocycles. The van der Waals surface area contributed by atoms with E-state index in [0.29, 0.717) is 29.4 Å². The summed E-state index contributed by atoms with van der Waals surface area (Å²) in [5, 5.41) is 8.47. The van der Waals surface area contributed by atoms with Crippen molar-refractivity contribution in [2.45, 2.75) is 13.1 Å². The van der Waals surface area contributed by atoms with Crippen molar-refractivity contribution in [1.29, 1.82) is 0 Å². The summed E-state index contributed by atoms with van der Waals surface area (Å²) in [6.45, 7) is 0.594. The lowest BCUT2D eigenvalue weighted by Crippen LogP contribution is -2.35. The first kappa shape index (κ1) is 19.8. The fourth-order valence-corrected chi connectivity index (χ4v) is 3.47. The number of aromatic nitrogens is 3. The molecule has 0 saturated carbocycles. The minimum atomic E-state index is -0.382. The average molecular weight is 425 g/mol. The molecule has 30 heavy (non-hydrogen) atoms. The molecule has 6 nitrogen and oxygen atoms in total. The molecule has 0 unspecified atom stereocenters. The van der Waals surface area contributed by atoms with Crippen LogP contribution in [0.1, 0.15) is 0 Å². The molecule has 4 rings (SSSR count). The second-order valence-corrected chi connectivity index (χ2v) is 7.16. The summed E-state index contributed by atoms with van der Waals surface area (Å²) < 4.78 is 16.4. The van der Waals surface area contributed by atoms with Crippen molar-refractivity contribution in [3.63, 3.8) is 0 Å². The van der Waals surface area contributed by atoms with Gasteiger partial charge in [-0.05, 0) is 41.8 Å². The molecule has 152 valence electrons.